The van der Waals surface area contributed by atoms with Gasteiger partial charge in [-0.25, -0.2) is 0 Å². The summed E-state index contributed by atoms with van der Waals surface area (Å²) in [5.74, 6) is -1.86. The lowest BCUT2D eigenvalue weighted by Gasteiger charge is -2.34. The third-order valence-corrected chi connectivity index (χ3v) is 5.57. The molecular weight excluding hydrogens is 348 g/mol. The number of fused-ring (bicyclic) bond motifs is 1. The second-order valence-electron chi connectivity index (χ2n) is 7.31. The molecule has 2 saturated heterocycles. The van der Waals surface area contributed by atoms with Gasteiger partial charge >= 0.3 is 0 Å². The minimum absolute atomic E-state index is 0.120. The quantitative estimate of drug-likeness (QED) is 0.720. The van der Waals surface area contributed by atoms with Gasteiger partial charge in [-0.15, -0.1) is 0 Å². The van der Waals surface area contributed by atoms with Crippen LogP contribution in [0.1, 0.15) is 46.0 Å². The zero-order valence-corrected chi connectivity index (χ0v) is 15.2. The lowest BCUT2D eigenvalue weighted by Crippen LogP contribution is -2.54. The number of piperazine rings is 1. The van der Waals surface area contributed by atoms with Crippen molar-refractivity contribution in [2.75, 3.05) is 19.6 Å². The molecule has 0 spiro atoms. The fraction of sp³-hybridized carbons (Fsp3) is 0.474. The van der Waals surface area contributed by atoms with Gasteiger partial charge in [-0.05, 0) is 25.0 Å². The first-order valence-electron chi connectivity index (χ1n) is 9.25. The lowest BCUT2D eigenvalue weighted by molar-refractivity contribution is -0.136. The van der Waals surface area contributed by atoms with Gasteiger partial charge in [0.2, 0.25) is 11.8 Å². The monoisotopic (exact) mass is 370 g/mol. The Morgan fingerprint density at radius 1 is 1.15 bits per heavy atom. The fourth-order valence-electron chi connectivity index (χ4n) is 4.05. The summed E-state index contributed by atoms with van der Waals surface area (Å²) in [5, 5.41) is 5.56. The Balaban J connectivity index is 1.63. The maximum Gasteiger partial charge on any atom is 0.262 e. The maximum absolute atomic E-state index is 13.1. The SMILES string of the molecule is CC1CNCCN1Cc1cccc2c1C(=O)N(C1CCC(=O)NC1=O)C2=O. The van der Waals surface area contributed by atoms with Gasteiger partial charge in [0.1, 0.15) is 6.04 Å². The van der Waals surface area contributed by atoms with Gasteiger partial charge in [0.25, 0.3) is 11.8 Å². The van der Waals surface area contributed by atoms with Crippen molar-refractivity contribution in [3.63, 3.8) is 0 Å². The largest absolute Gasteiger partial charge is 0.314 e. The van der Waals surface area contributed by atoms with E-state index < -0.39 is 23.8 Å². The fourth-order valence-corrected chi connectivity index (χ4v) is 4.05. The topological polar surface area (TPSA) is 98.8 Å². The van der Waals surface area contributed by atoms with Crippen LogP contribution >= 0.6 is 0 Å². The number of imide groups is 2. The smallest absolute Gasteiger partial charge is 0.262 e. The van der Waals surface area contributed by atoms with Crippen molar-refractivity contribution >= 4 is 23.6 Å². The van der Waals surface area contributed by atoms with Gasteiger partial charge in [-0.2, -0.15) is 0 Å². The van der Waals surface area contributed by atoms with E-state index in [1.165, 1.54) is 0 Å². The molecule has 0 aromatic heterocycles. The van der Waals surface area contributed by atoms with E-state index in [0.29, 0.717) is 23.7 Å². The van der Waals surface area contributed by atoms with E-state index in [2.05, 4.69) is 22.5 Å². The highest BCUT2D eigenvalue weighted by atomic mass is 16.2. The molecule has 4 amide bonds. The van der Waals surface area contributed by atoms with E-state index in [-0.39, 0.29) is 18.7 Å². The molecule has 0 aliphatic carbocycles. The molecule has 8 heteroatoms. The van der Waals surface area contributed by atoms with Crippen molar-refractivity contribution in [1.29, 1.82) is 0 Å². The number of amides is 4. The zero-order valence-electron chi connectivity index (χ0n) is 15.2. The van der Waals surface area contributed by atoms with Crippen LogP contribution in [0, 0.1) is 0 Å². The molecule has 2 N–H and O–H groups in total. The van der Waals surface area contributed by atoms with Crippen molar-refractivity contribution in [2.45, 2.75) is 38.4 Å². The standard InChI is InChI=1S/C19H22N4O4/c1-11-9-20-7-8-22(11)10-12-3-2-4-13-16(12)19(27)23(18(13)26)14-5-6-15(24)21-17(14)25/h2-4,11,14,20H,5-10H2,1H3,(H,21,24,25). The highest BCUT2D eigenvalue weighted by molar-refractivity contribution is 6.24. The lowest BCUT2D eigenvalue weighted by atomic mass is 10.0. The molecule has 3 heterocycles. The first-order valence-corrected chi connectivity index (χ1v) is 9.25. The summed E-state index contributed by atoms with van der Waals surface area (Å²) in [6, 6.07) is 4.67. The Kier molecular flexibility index (Phi) is 4.53. The van der Waals surface area contributed by atoms with Crippen LogP contribution in [0.2, 0.25) is 0 Å². The molecule has 2 unspecified atom stereocenters. The number of piperidine rings is 1. The van der Waals surface area contributed by atoms with Gasteiger partial charge in [0.05, 0.1) is 11.1 Å². The number of nitrogens with zero attached hydrogens (tertiary/aromatic N) is 2. The first kappa shape index (κ1) is 17.8. The number of hydrogen-bond donors (Lipinski definition) is 2. The number of carbonyl (C=O) groups excluding carboxylic acids is 4. The molecule has 0 radical (unpaired) electrons. The summed E-state index contributed by atoms with van der Waals surface area (Å²) >= 11 is 0. The summed E-state index contributed by atoms with van der Waals surface area (Å²) in [7, 11) is 0. The van der Waals surface area contributed by atoms with Gasteiger partial charge < -0.3 is 5.32 Å². The molecule has 4 rings (SSSR count). The van der Waals surface area contributed by atoms with Crippen LogP contribution in [0.4, 0.5) is 0 Å². The van der Waals surface area contributed by atoms with E-state index in [1.54, 1.807) is 12.1 Å². The molecule has 2 atom stereocenters. The Morgan fingerprint density at radius 2 is 1.96 bits per heavy atom. The van der Waals surface area contributed by atoms with Gasteiger partial charge in [-0.1, -0.05) is 12.1 Å². The van der Waals surface area contributed by atoms with E-state index >= 15 is 0 Å². The highest BCUT2D eigenvalue weighted by Crippen LogP contribution is 2.30. The van der Waals surface area contributed by atoms with E-state index in [4.69, 9.17) is 0 Å². The molecule has 27 heavy (non-hydrogen) atoms. The van der Waals surface area contributed by atoms with Crippen molar-refractivity contribution < 1.29 is 19.2 Å². The van der Waals surface area contributed by atoms with Gasteiger partial charge in [0.15, 0.2) is 0 Å². The summed E-state index contributed by atoms with van der Waals surface area (Å²) in [6.07, 6.45) is 0.287. The Bertz CT molecular complexity index is 837. The molecule has 8 nitrogen and oxygen atoms in total. The van der Waals surface area contributed by atoms with Crippen molar-refractivity contribution in [3.05, 3.63) is 34.9 Å². The summed E-state index contributed by atoms with van der Waals surface area (Å²) < 4.78 is 0. The minimum Gasteiger partial charge on any atom is -0.314 e. The molecule has 2 fully saturated rings. The average molecular weight is 370 g/mol. The van der Waals surface area contributed by atoms with Crippen LogP contribution < -0.4 is 10.6 Å². The number of rotatable bonds is 3. The predicted molar refractivity (Wildman–Crippen MR) is 95.9 cm³/mol. The molecule has 1 aromatic rings. The van der Waals surface area contributed by atoms with Gasteiger partial charge in [-0.3, -0.25) is 34.3 Å². The summed E-state index contributed by atoms with van der Waals surface area (Å²) in [6.45, 7) is 5.33. The molecule has 3 aliphatic rings. The minimum atomic E-state index is -0.930. The number of nitrogens with one attached hydrogen (secondary N) is 2. The van der Waals surface area contributed by atoms with Crippen LogP contribution in [-0.4, -0.2) is 65.1 Å². The Morgan fingerprint density at radius 3 is 2.70 bits per heavy atom. The second-order valence-corrected chi connectivity index (χ2v) is 7.31. The second kappa shape index (κ2) is 6.86. The zero-order chi connectivity index (χ0) is 19.1. The van der Waals surface area contributed by atoms with E-state index in [1.807, 2.05) is 6.07 Å². The molecular formula is C19H22N4O4. The maximum atomic E-state index is 13.1. The van der Waals surface area contributed by atoms with Crippen molar-refractivity contribution in [1.82, 2.24) is 20.4 Å². The van der Waals surface area contributed by atoms with Crippen LogP contribution in [0.5, 0.6) is 0 Å². The van der Waals surface area contributed by atoms with Crippen LogP contribution in [0.3, 0.4) is 0 Å². The van der Waals surface area contributed by atoms with E-state index in [9.17, 15) is 19.2 Å². The summed E-state index contributed by atoms with van der Waals surface area (Å²) in [4.78, 5) is 52.8. The van der Waals surface area contributed by atoms with E-state index in [0.717, 1.165) is 30.1 Å². The Labute approximate surface area is 156 Å². The van der Waals surface area contributed by atoms with Crippen LogP contribution in [-0.2, 0) is 16.1 Å². The van der Waals surface area contributed by atoms with Crippen molar-refractivity contribution in [2.24, 2.45) is 0 Å². The average Bonchev–Trinajstić information content (AvgIpc) is 2.89. The molecule has 0 bridgehead atoms. The molecule has 0 saturated carbocycles. The van der Waals surface area contributed by atoms with Gasteiger partial charge in [0, 0.05) is 38.6 Å². The summed E-state index contributed by atoms with van der Waals surface area (Å²) in [5.41, 5.74) is 1.53. The molecule has 1 aromatic carbocycles. The van der Waals surface area contributed by atoms with Crippen LogP contribution in [0.15, 0.2) is 18.2 Å². The van der Waals surface area contributed by atoms with Crippen molar-refractivity contribution in [3.8, 4) is 0 Å². The number of carbonyl (C=O) groups is 4. The number of benzene rings is 1. The number of hydrogen-bond acceptors (Lipinski definition) is 6. The normalized spacial score (nSPS) is 26.3. The first-order chi connectivity index (χ1) is 13.0. The predicted octanol–water partition coefficient (Wildman–Crippen LogP) is -0.118. The third-order valence-electron chi connectivity index (χ3n) is 5.57. The molecule has 3 aliphatic heterocycles. The van der Waals surface area contributed by atoms with Crippen LogP contribution in [0.25, 0.3) is 0 Å². The molecule has 142 valence electrons. The Hall–Kier alpha value is -2.58. The third kappa shape index (κ3) is 3.04. The highest BCUT2D eigenvalue weighted by Gasteiger charge is 2.45.